The fraction of sp³-hybridized carbons (Fsp3) is 0.421. The monoisotopic (exact) mass is 485 g/mol. The number of carbonyl (C=O) groups is 1. The number of oxazole rings is 1. The lowest BCUT2D eigenvalue weighted by atomic mass is 10.1. The van der Waals surface area contributed by atoms with Crippen molar-refractivity contribution in [1.82, 2.24) is 20.9 Å². The zero-order chi connectivity index (χ0) is 18.8. The van der Waals surface area contributed by atoms with Gasteiger partial charge in [0, 0.05) is 32.1 Å². The molecule has 0 saturated heterocycles. The molecule has 148 valence electrons. The van der Waals surface area contributed by atoms with E-state index < -0.39 is 0 Å². The van der Waals surface area contributed by atoms with Gasteiger partial charge in [-0.1, -0.05) is 24.6 Å². The van der Waals surface area contributed by atoms with Gasteiger partial charge in [0.1, 0.15) is 6.26 Å². The topological polar surface area (TPSA) is 91.5 Å². The molecule has 8 heteroatoms. The normalized spacial score (nSPS) is 10.9. The second kappa shape index (κ2) is 12.3. The largest absolute Gasteiger partial charge is 0.444 e. The van der Waals surface area contributed by atoms with Crippen LogP contribution in [-0.2, 0) is 11.3 Å². The van der Waals surface area contributed by atoms with Gasteiger partial charge in [0.25, 0.3) is 0 Å². The molecule has 0 radical (unpaired) electrons. The van der Waals surface area contributed by atoms with E-state index in [0.717, 1.165) is 17.7 Å². The van der Waals surface area contributed by atoms with Crippen LogP contribution in [0.25, 0.3) is 11.5 Å². The summed E-state index contributed by atoms with van der Waals surface area (Å²) in [6, 6.07) is 8.03. The van der Waals surface area contributed by atoms with Crippen molar-refractivity contribution in [2.75, 3.05) is 20.1 Å². The van der Waals surface area contributed by atoms with E-state index >= 15 is 0 Å². The Bertz CT molecular complexity index is 728. The molecule has 1 aromatic carbocycles. The van der Waals surface area contributed by atoms with Crippen LogP contribution in [0.3, 0.4) is 0 Å². The first-order chi connectivity index (χ1) is 12.6. The van der Waals surface area contributed by atoms with E-state index in [1.807, 2.05) is 38.1 Å². The molecule has 7 nitrogen and oxygen atoms in total. The highest BCUT2D eigenvalue weighted by Crippen LogP contribution is 2.18. The molecule has 0 saturated carbocycles. The number of carbonyl (C=O) groups excluding carboxylic acids is 1. The number of guanidine groups is 1. The van der Waals surface area contributed by atoms with Crippen LogP contribution in [0.1, 0.15) is 31.0 Å². The van der Waals surface area contributed by atoms with Crippen molar-refractivity contribution in [3.05, 3.63) is 41.8 Å². The molecule has 1 heterocycles. The van der Waals surface area contributed by atoms with Gasteiger partial charge in [-0.05, 0) is 25.5 Å². The Morgan fingerprint density at radius 1 is 1.15 bits per heavy atom. The molecule has 0 aliphatic heterocycles. The smallest absolute Gasteiger partial charge is 0.226 e. The van der Waals surface area contributed by atoms with Crippen LogP contribution in [0.2, 0.25) is 0 Å². The molecule has 2 rings (SSSR count). The number of nitrogens with one attached hydrogen (secondary N) is 3. The van der Waals surface area contributed by atoms with Crippen LogP contribution in [0, 0.1) is 6.92 Å². The Hall–Kier alpha value is -2.10. The molecule has 0 aliphatic carbocycles. The predicted octanol–water partition coefficient (Wildman–Crippen LogP) is 2.85. The highest BCUT2D eigenvalue weighted by atomic mass is 127. The number of benzene rings is 1. The molecule has 0 bridgehead atoms. The van der Waals surface area contributed by atoms with Crippen molar-refractivity contribution in [2.45, 2.75) is 33.2 Å². The van der Waals surface area contributed by atoms with Crippen molar-refractivity contribution in [3.8, 4) is 11.5 Å². The molecule has 27 heavy (non-hydrogen) atoms. The summed E-state index contributed by atoms with van der Waals surface area (Å²) in [6.07, 6.45) is 2.97. The highest BCUT2D eigenvalue weighted by Gasteiger charge is 2.07. The van der Waals surface area contributed by atoms with E-state index in [2.05, 4.69) is 25.9 Å². The Morgan fingerprint density at radius 3 is 2.56 bits per heavy atom. The molecule has 2 aromatic rings. The second-order valence-corrected chi connectivity index (χ2v) is 5.96. The van der Waals surface area contributed by atoms with Gasteiger partial charge in [-0.25, -0.2) is 4.98 Å². The number of hydrogen-bond donors (Lipinski definition) is 3. The van der Waals surface area contributed by atoms with E-state index in [1.54, 1.807) is 13.3 Å². The van der Waals surface area contributed by atoms with Crippen molar-refractivity contribution < 1.29 is 9.21 Å². The number of halogens is 1. The summed E-state index contributed by atoms with van der Waals surface area (Å²) >= 11 is 0. The number of hydrogen-bond acceptors (Lipinski definition) is 4. The maximum atomic E-state index is 11.6. The summed E-state index contributed by atoms with van der Waals surface area (Å²) in [4.78, 5) is 20.2. The van der Waals surface area contributed by atoms with E-state index in [0.29, 0.717) is 37.9 Å². The van der Waals surface area contributed by atoms with Crippen molar-refractivity contribution in [2.24, 2.45) is 4.99 Å². The summed E-state index contributed by atoms with van der Waals surface area (Å²) in [7, 11) is 1.69. The molecule has 0 aliphatic rings. The fourth-order valence-electron chi connectivity index (χ4n) is 2.26. The molecule has 0 spiro atoms. The lowest BCUT2D eigenvalue weighted by molar-refractivity contribution is -0.120. The number of aryl methyl sites for hydroxylation is 1. The van der Waals surface area contributed by atoms with Gasteiger partial charge in [0.05, 0.1) is 12.2 Å². The lowest BCUT2D eigenvalue weighted by Gasteiger charge is -2.10. The van der Waals surface area contributed by atoms with E-state index in [9.17, 15) is 4.79 Å². The van der Waals surface area contributed by atoms with Crippen molar-refractivity contribution in [1.29, 1.82) is 0 Å². The Morgan fingerprint density at radius 2 is 1.89 bits per heavy atom. The van der Waals surface area contributed by atoms with Crippen molar-refractivity contribution in [3.63, 3.8) is 0 Å². The van der Waals surface area contributed by atoms with Crippen LogP contribution >= 0.6 is 24.0 Å². The summed E-state index contributed by atoms with van der Waals surface area (Å²) in [5.74, 6) is 1.25. The van der Waals surface area contributed by atoms with Gasteiger partial charge in [-0.3, -0.25) is 9.79 Å². The fourth-order valence-corrected chi connectivity index (χ4v) is 2.26. The van der Waals surface area contributed by atoms with E-state index in [-0.39, 0.29) is 29.9 Å². The molecular formula is C19H28IN5O2. The molecule has 1 amide bonds. The Kier molecular flexibility index (Phi) is 10.5. The average Bonchev–Trinajstić information content (AvgIpc) is 3.12. The zero-order valence-corrected chi connectivity index (χ0v) is 18.4. The first-order valence-corrected chi connectivity index (χ1v) is 8.85. The first kappa shape index (κ1) is 22.9. The van der Waals surface area contributed by atoms with Gasteiger partial charge in [-0.2, -0.15) is 0 Å². The highest BCUT2D eigenvalue weighted by molar-refractivity contribution is 14.0. The Labute approximate surface area is 177 Å². The minimum Gasteiger partial charge on any atom is -0.444 e. The molecule has 1 aromatic heterocycles. The summed E-state index contributed by atoms with van der Waals surface area (Å²) < 4.78 is 5.54. The summed E-state index contributed by atoms with van der Waals surface area (Å²) in [5.41, 5.74) is 2.92. The van der Waals surface area contributed by atoms with Gasteiger partial charge in [-0.15, -0.1) is 24.0 Å². The van der Waals surface area contributed by atoms with Crippen LogP contribution in [-0.4, -0.2) is 37.0 Å². The quantitative estimate of drug-likeness (QED) is 0.304. The lowest BCUT2D eigenvalue weighted by Crippen LogP contribution is -2.39. The maximum Gasteiger partial charge on any atom is 0.226 e. The average molecular weight is 485 g/mol. The second-order valence-electron chi connectivity index (χ2n) is 5.96. The number of amides is 1. The summed E-state index contributed by atoms with van der Waals surface area (Å²) in [5, 5.41) is 9.11. The maximum absolute atomic E-state index is 11.6. The zero-order valence-electron chi connectivity index (χ0n) is 16.0. The summed E-state index contributed by atoms with van der Waals surface area (Å²) in [6.45, 7) is 5.78. The van der Waals surface area contributed by atoms with Gasteiger partial charge >= 0.3 is 0 Å². The molecule has 0 fully saturated rings. The SMILES string of the molecule is CCCNC(=O)CCNC(=NC)NCc1coc(-c2ccc(C)cc2)n1.I. The molecule has 0 unspecified atom stereocenters. The third-order valence-corrected chi connectivity index (χ3v) is 3.73. The van der Waals surface area contributed by atoms with Gasteiger partial charge in [0.2, 0.25) is 11.8 Å². The van der Waals surface area contributed by atoms with Crippen LogP contribution in [0.15, 0.2) is 39.9 Å². The number of aliphatic imine (C=N–C) groups is 1. The minimum atomic E-state index is 0. The number of aromatic nitrogens is 1. The standard InChI is InChI=1S/C19H27N5O2.HI/c1-4-10-21-17(25)9-11-22-19(20-3)23-12-16-13-26-18(24-16)15-7-5-14(2)6-8-15;/h5-8,13H,4,9-12H2,1-3H3,(H,21,25)(H2,20,22,23);1H. The molecule has 3 N–H and O–H groups in total. The van der Waals surface area contributed by atoms with Crippen molar-refractivity contribution >= 4 is 35.8 Å². The van der Waals surface area contributed by atoms with Crippen LogP contribution in [0.5, 0.6) is 0 Å². The van der Waals surface area contributed by atoms with E-state index in [4.69, 9.17) is 4.42 Å². The number of nitrogens with zero attached hydrogens (tertiary/aromatic N) is 2. The minimum absolute atomic E-state index is 0. The van der Waals surface area contributed by atoms with Gasteiger partial charge < -0.3 is 20.4 Å². The third kappa shape index (κ3) is 7.98. The van der Waals surface area contributed by atoms with E-state index in [1.165, 1.54) is 5.56 Å². The predicted molar refractivity (Wildman–Crippen MR) is 118 cm³/mol. The van der Waals surface area contributed by atoms with Crippen LogP contribution in [0.4, 0.5) is 0 Å². The third-order valence-electron chi connectivity index (χ3n) is 3.73. The molecule has 0 atom stereocenters. The van der Waals surface area contributed by atoms with Crippen LogP contribution < -0.4 is 16.0 Å². The van der Waals surface area contributed by atoms with Gasteiger partial charge in [0.15, 0.2) is 5.96 Å². The molecular weight excluding hydrogens is 457 g/mol. The first-order valence-electron chi connectivity index (χ1n) is 8.85. The number of rotatable bonds is 8. The Balaban J connectivity index is 0.00000364.